The Morgan fingerprint density at radius 3 is 3.31 bits per heavy atom. The van der Waals surface area contributed by atoms with Gasteiger partial charge in [-0.25, -0.2) is 4.98 Å². The molecule has 0 radical (unpaired) electrons. The van der Waals surface area contributed by atoms with Crippen LogP contribution >= 0.6 is 0 Å². The average Bonchev–Trinajstić information content (AvgIpc) is 2.49. The number of fused-ring (bicyclic) bond motifs is 1. The van der Waals surface area contributed by atoms with Crippen molar-refractivity contribution < 1.29 is 5.11 Å². The number of nitrogens with zero attached hydrogens (tertiary/aromatic N) is 2. The second kappa shape index (κ2) is 3.50. The van der Waals surface area contributed by atoms with E-state index in [9.17, 15) is 0 Å². The van der Waals surface area contributed by atoms with Crippen LogP contribution in [-0.4, -0.2) is 21.3 Å². The predicted octanol–water partition coefficient (Wildman–Crippen LogP) is 1.00. The highest BCUT2D eigenvalue weighted by atomic mass is 16.3. The first kappa shape index (κ1) is 8.75. The van der Waals surface area contributed by atoms with E-state index in [1.54, 1.807) is 0 Å². The first-order chi connectivity index (χ1) is 6.31. The Balaban J connectivity index is 2.25. The summed E-state index contributed by atoms with van der Waals surface area (Å²) in [7, 11) is 0. The minimum Gasteiger partial charge on any atom is -0.396 e. The van der Waals surface area contributed by atoms with Crippen molar-refractivity contribution in [3.05, 3.63) is 17.7 Å². The third-order valence-electron chi connectivity index (χ3n) is 2.74. The molecule has 0 saturated heterocycles. The minimum atomic E-state index is 0.199. The summed E-state index contributed by atoms with van der Waals surface area (Å²) >= 11 is 0. The summed E-state index contributed by atoms with van der Waals surface area (Å²) in [5.41, 5.74) is 1.33. The Labute approximate surface area is 78.4 Å². The molecular formula is C10H16N2O. The van der Waals surface area contributed by atoms with Crippen LogP contribution in [0.1, 0.15) is 24.9 Å². The van der Waals surface area contributed by atoms with E-state index in [4.69, 9.17) is 5.11 Å². The van der Waals surface area contributed by atoms with Crippen molar-refractivity contribution in [2.75, 3.05) is 6.61 Å². The van der Waals surface area contributed by atoms with E-state index in [0.717, 1.165) is 24.7 Å². The van der Waals surface area contributed by atoms with Crippen molar-refractivity contribution in [3.63, 3.8) is 0 Å². The van der Waals surface area contributed by atoms with E-state index in [1.807, 2.05) is 6.20 Å². The molecule has 0 fully saturated rings. The maximum absolute atomic E-state index is 8.85. The van der Waals surface area contributed by atoms with E-state index in [0.29, 0.717) is 6.42 Å². The Morgan fingerprint density at radius 2 is 2.54 bits per heavy atom. The van der Waals surface area contributed by atoms with Crippen molar-refractivity contribution >= 4 is 0 Å². The lowest BCUT2D eigenvalue weighted by molar-refractivity contribution is 0.291. The van der Waals surface area contributed by atoms with Crippen LogP contribution in [0.3, 0.4) is 0 Å². The molecule has 13 heavy (non-hydrogen) atoms. The van der Waals surface area contributed by atoms with Gasteiger partial charge < -0.3 is 9.67 Å². The minimum absolute atomic E-state index is 0.199. The van der Waals surface area contributed by atoms with Crippen molar-refractivity contribution in [3.8, 4) is 0 Å². The fraction of sp³-hybridized carbons (Fsp3) is 0.700. The standard InChI is InChI=1S/C10H16N2O/c1-8-2-3-9-6-11-10(4-5-13)12(9)7-8/h6,8,13H,2-5,7H2,1H3. The molecule has 1 N–H and O–H groups in total. The molecule has 0 saturated carbocycles. The molecule has 0 spiro atoms. The summed E-state index contributed by atoms with van der Waals surface area (Å²) in [6.45, 7) is 3.54. The number of aryl methyl sites for hydroxylation is 1. The number of aliphatic hydroxyl groups is 1. The average molecular weight is 180 g/mol. The summed E-state index contributed by atoms with van der Waals surface area (Å²) in [6.07, 6.45) is 5.05. The first-order valence-corrected chi connectivity index (χ1v) is 4.95. The molecule has 1 aliphatic rings. The zero-order chi connectivity index (χ0) is 9.26. The Morgan fingerprint density at radius 1 is 1.69 bits per heavy atom. The van der Waals surface area contributed by atoms with Crippen LogP contribution in [0.4, 0.5) is 0 Å². The molecule has 1 atom stereocenters. The van der Waals surface area contributed by atoms with Crippen molar-refractivity contribution in [1.29, 1.82) is 0 Å². The molecule has 1 aromatic rings. The summed E-state index contributed by atoms with van der Waals surface area (Å²) in [5.74, 6) is 1.79. The Bertz CT molecular complexity index is 293. The highest BCUT2D eigenvalue weighted by Gasteiger charge is 2.17. The number of hydrogen-bond donors (Lipinski definition) is 1. The zero-order valence-corrected chi connectivity index (χ0v) is 8.03. The Hall–Kier alpha value is -0.830. The maximum Gasteiger partial charge on any atom is 0.111 e. The molecule has 1 unspecified atom stereocenters. The number of rotatable bonds is 2. The van der Waals surface area contributed by atoms with Gasteiger partial charge in [0.2, 0.25) is 0 Å². The first-order valence-electron chi connectivity index (χ1n) is 4.95. The fourth-order valence-corrected chi connectivity index (χ4v) is 1.97. The lowest BCUT2D eigenvalue weighted by Crippen LogP contribution is -2.19. The van der Waals surface area contributed by atoms with Crippen molar-refractivity contribution in [1.82, 2.24) is 9.55 Å². The van der Waals surface area contributed by atoms with Gasteiger partial charge in [-0.05, 0) is 18.8 Å². The monoisotopic (exact) mass is 180 g/mol. The molecule has 2 heterocycles. The smallest absolute Gasteiger partial charge is 0.111 e. The zero-order valence-electron chi connectivity index (χ0n) is 8.03. The molecule has 3 heteroatoms. The summed E-state index contributed by atoms with van der Waals surface area (Å²) in [4.78, 5) is 4.32. The molecule has 1 aromatic heterocycles. The summed E-state index contributed by atoms with van der Waals surface area (Å²) in [5, 5.41) is 8.85. The third kappa shape index (κ3) is 1.61. The predicted molar refractivity (Wildman–Crippen MR) is 50.5 cm³/mol. The topological polar surface area (TPSA) is 38.1 Å². The van der Waals surface area contributed by atoms with Gasteiger partial charge in [0.1, 0.15) is 5.82 Å². The van der Waals surface area contributed by atoms with Crippen molar-refractivity contribution in [2.24, 2.45) is 5.92 Å². The summed E-state index contributed by atoms with van der Waals surface area (Å²) < 4.78 is 2.27. The second-order valence-electron chi connectivity index (χ2n) is 3.89. The SMILES string of the molecule is CC1CCc2cnc(CCO)n2C1. The normalized spacial score (nSPS) is 21.5. The number of aromatic nitrogens is 2. The third-order valence-corrected chi connectivity index (χ3v) is 2.74. The van der Waals surface area contributed by atoms with Gasteiger partial charge in [0.05, 0.1) is 6.61 Å². The van der Waals surface area contributed by atoms with Gasteiger partial charge >= 0.3 is 0 Å². The van der Waals surface area contributed by atoms with E-state index in [1.165, 1.54) is 12.1 Å². The largest absolute Gasteiger partial charge is 0.396 e. The second-order valence-corrected chi connectivity index (χ2v) is 3.89. The van der Waals surface area contributed by atoms with Gasteiger partial charge in [0, 0.05) is 24.9 Å². The highest BCUT2D eigenvalue weighted by Crippen LogP contribution is 2.20. The van der Waals surface area contributed by atoms with Gasteiger partial charge in [0.15, 0.2) is 0 Å². The van der Waals surface area contributed by atoms with E-state index in [2.05, 4.69) is 16.5 Å². The van der Waals surface area contributed by atoms with Crippen molar-refractivity contribution in [2.45, 2.75) is 32.7 Å². The number of imidazole rings is 1. The van der Waals surface area contributed by atoms with Crippen LogP contribution in [0, 0.1) is 5.92 Å². The molecular weight excluding hydrogens is 164 g/mol. The van der Waals surface area contributed by atoms with Crippen LogP contribution < -0.4 is 0 Å². The molecule has 3 nitrogen and oxygen atoms in total. The number of aliphatic hydroxyl groups excluding tert-OH is 1. The van der Waals surface area contributed by atoms with Crippen LogP contribution in [-0.2, 0) is 19.4 Å². The molecule has 0 aromatic carbocycles. The summed E-state index contributed by atoms with van der Waals surface area (Å²) in [6, 6.07) is 0. The van der Waals surface area contributed by atoms with E-state index in [-0.39, 0.29) is 6.61 Å². The lowest BCUT2D eigenvalue weighted by Gasteiger charge is -2.22. The van der Waals surface area contributed by atoms with Crippen LogP contribution in [0.5, 0.6) is 0 Å². The van der Waals surface area contributed by atoms with Gasteiger partial charge in [-0.1, -0.05) is 6.92 Å². The molecule has 0 bridgehead atoms. The van der Waals surface area contributed by atoms with Gasteiger partial charge in [0.25, 0.3) is 0 Å². The van der Waals surface area contributed by atoms with Gasteiger partial charge in [-0.2, -0.15) is 0 Å². The van der Waals surface area contributed by atoms with Gasteiger partial charge in [-0.15, -0.1) is 0 Å². The van der Waals surface area contributed by atoms with E-state index >= 15 is 0 Å². The van der Waals surface area contributed by atoms with E-state index < -0.39 is 0 Å². The van der Waals surface area contributed by atoms with Crippen LogP contribution in [0.2, 0.25) is 0 Å². The molecule has 1 aliphatic heterocycles. The van der Waals surface area contributed by atoms with Crippen LogP contribution in [0.15, 0.2) is 6.20 Å². The molecule has 72 valence electrons. The molecule has 2 rings (SSSR count). The quantitative estimate of drug-likeness (QED) is 0.737. The number of hydrogen-bond acceptors (Lipinski definition) is 2. The molecule has 0 aliphatic carbocycles. The highest BCUT2D eigenvalue weighted by molar-refractivity contribution is 5.08. The van der Waals surface area contributed by atoms with Gasteiger partial charge in [-0.3, -0.25) is 0 Å². The van der Waals surface area contributed by atoms with Crippen LogP contribution in [0.25, 0.3) is 0 Å². The molecule has 0 amide bonds. The Kier molecular flexibility index (Phi) is 2.36. The fourth-order valence-electron chi connectivity index (χ4n) is 1.97. The maximum atomic E-state index is 8.85. The lowest BCUT2D eigenvalue weighted by atomic mass is 10.0.